The molecule has 0 amide bonds. The summed E-state index contributed by atoms with van der Waals surface area (Å²) in [6.45, 7) is 5.95. The van der Waals surface area contributed by atoms with Crippen molar-refractivity contribution < 1.29 is 4.39 Å². The van der Waals surface area contributed by atoms with Gasteiger partial charge < -0.3 is 10.6 Å². The fourth-order valence-electron chi connectivity index (χ4n) is 0.938. The van der Waals surface area contributed by atoms with Gasteiger partial charge in [0.1, 0.15) is 0 Å². The van der Waals surface area contributed by atoms with Gasteiger partial charge in [0.15, 0.2) is 11.6 Å². The minimum atomic E-state index is -0.452. The van der Waals surface area contributed by atoms with E-state index in [9.17, 15) is 4.39 Å². The van der Waals surface area contributed by atoms with Crippen molar-refractivity contribution in [2.75, 3.05) is 17.7 Å². The second-order valence-corrected chi connectivity index (χ2v) is 4.02. The zero-order valence-electron chi connectivity index (χ0n) is 8.85. The van der Waals surface area contributed by atoms with Crippen LogP contribution < -0.4 is 10.6 Å². The molecule has 1 aromatic heterocycles. The van der Waals surface area contributed by atoms with E-state index in [-0.39, 0.29) is 11.4 Å². The van der Waals surface area contributed by atoms with Gasteiger partial charge in [-0.2, -0.15) is 4.98 Å². The van der Waals surface area contributed by atoms with Gasteiger partial charge in [0, 0.05) is 12.6 Å². The third-order valence-corrected chi connectivity index (χ3v) is 1.47. The van der Waals surface area contributed by atoms with Gasteiger partial charge in [-0.1, -0.05) is 0 Å². The lowest BCUT2D eigenvalue weighted by Gasteiger charge is -2.20. The molecule has 0 saturated heterocycles. The molecule has 0 saturated carbocycles. The fraction of sp³-hybridized carbons (Fsp3) is 0.556. The van der Waals surface area contributed by atoms with Crippen LogP contribution in [0, 0.1) is 5.82 Å². The van der Waals surface area contributed by atoms with Crippen LogP contribution in [-0.4, -0.2) is 22.6 Å². The van der Waals surface area contributed by atoms with Crippen LogP contribution in [0.1, 0.15) is 20.8 Å². The van der Waals surface area contributed by atoms with Crippen LogP contribution in [0.3, 0.4) is 0 Å². The van der Waals surface area contributed by atoms with E-state index in [2.05, 4.69) is 20.6 Å². The zero-order valence-corrected chi connectivity index (χ0v) is 8.85. The maximum atomic E-state index is 13.0. The van der Waals surface area contributed by atoms with E-state index in [1.165, 1.54) is 0 Å². The lowest BCUT2D eigenvalue weighted by atomic mass is 10.1. The Balaban J connectivity index is 2.90. The van der Waals surface area contributed by atoms with Crippen molar-refractivity contribution in [1.29, 1.82) is 0 Å². The number of halogens is 1. The molecule has 2 N–H and O–H groups in total. The Labute approximate surface area is 83.0 Å². The molecule has 0 spiro atoms. The predicted molar refractivity (Wildman–Crippen MR) is 54.9 cm³/mol. The largest absolute Gasteiger partial charge is 0.371 e. The van der Waals surface area contributed by atoms with Gasteiger partial charge in [-0.3, -0.25) is 0 Å². The fourth-order valence-corrected chi connectivity index (χ4v) is 0.938. The summed E-state index contributed by atoms with van der Waals surface area (Å²) in [5.41, 5.74) is -0.136. The first-order valence-electron chi connectivity index (χ1n) is 4.41. The molecule has 1 aromatic rings. The molecule has 0 atom stereocenters. The number of anilines is 2. The predicted octanol–water partition coefficient (Wildman–Crippen LogP) is 1.87. The van der Waals surface area contributed by atoms with Crippen LogP contribution in [0.2, 0.25) is 0 Å². The van der Waals surface area contributed by atoms with Crippen LogP contribution in [0.15, 0.2) is 6.20 Å². The molecular formula is C9H15FN4. The molecular weight excluding hydrogens is 183 g/mol. The number of nitrogens with one attached hydrogen (secondary N) is 2. The summed E-state index contributed by atoms with van der Waals surface area (Å²) < 4.78 is 13.0. The van der Waals surface area contributed by atoms with Crippen molar-refractivity contribution >= 4 is 11.8 Å². The number of hydrogen-bond donors (Lipinski definition) is 2. The SMILES string of the molecule is CNc1nc(NC(C)(C)C)ncc1F. The van der Waals surface area contributed by atoms with Crippen LogP contribution in [0.5, 0.6) is 0 Å². The molecule has 0 bridgehead atoms. The van der Waals surface area contributed by atoms with Gasteiger partial charge in [-0.15, -0.1) is 0 Å². The highest BCUT2D eigenvalue weighted by atomic mass is 19.1. The van der Waals surface area contributed by atoms with E-state index in [0.29, 0.717) is 5.95 Å². The number of nitrogens with zero attached hydrogens (tertiary/aromatic N) is 2. The van der Waals surface area contributed by atoms with Crippen LogP contribution in [-0.2, 0) is 0 Å². The van der Waals surface area contributed by atoms with Crippen molar-refractivity contribution in [1.82, 2.24) is 9.97 Å². The number of hydrogen-bond acceptors (Lipinski definition) is 4. The second-order valence-electron chi connectivity index (χ2n) is 4.02. The van der Waals surface area contributed by atoms with E-state index in [4.69, 9.17) is 0 Å². The molecule has 4 nitrogen and oxygen atoms in total. The Kier molecular flexibility index (Phi) is 2.88. The highest BCUT2D eigenvalue weighted by Gasteiger charge is 2.12. The average Bonchev–Trinajstić information content (AvgIpc) is 2.06. The van der Waals surface area contributed by atoms with Gasteiger partial charge >= 0.3 is 0 Å². The van der Waals surface area contributed by atoms with E-state index in [1.807, 2.05) is 20.8 Å². The van der Waals surface area contributed by atoms with E-state index in [1.54, 1.807) is 7.05 Å². The van der Waals surface area contributed by atoms with Crippen molar-refractivity contribution in [3.05, 3.63) is 12.0 Å². The van der Waals surface area contributed by atoms with E-state index >= 15 is 0 Å². The summed E-state index contributed by atoms with van der Waals surface area (Å²) >= 11 is 0. The Bertz CT molecular complexity index is 319. The number of aromatic nitrogens is 2. The molecule has 5 heteroatoms. The first-order chi connectivity index (χ1) is 6.42. The Morgan fingerprint density at radius 2 is 2.00 bits per heavy atom. The van der Waals surface area contributed by atoms with Gasteiger partial charge in [-0.05, 0) is 20.8 Å². The van der Waals surface area contributed by atoms with Gasteiger partial charge in [0.2, 0.25) is 5.95 Å². The lowest BCUT2D eigenvalue weighted by molar-refractivity contribution is 0.606. The summed E-state index contributed by atoms with van der Waals surface area (Å²) in [6.07, 6.45) is 1.15. The summed E-state index contributed by atoms with van der Waals surface area (Å²) in [5.74, 6) is 0.168. The first-order valence-corrected chi connectivity index (χ1v) is 4.41. The second kappa shape index (κ2) is 3.77. The topological polar surface area (TPSA) is 49.8 Å². The molecule has 0 aliphatic heterocycles. The molecule has 0 aliphatic rings. The maximum absolute atomic E-state index is 13.0. The Morgan fingerprint density at radius 3 is 2.50 bits per heavy atom. The lowest BCUT2D eigenvalue weighted by Crippen LogP contribution is -2.27. The number of rotatable bonds is 2. The highest BCUT2D eigenvalue weighted by Crippen LogP contribution is 2.14. The van der Waals surface area contributed by atoms with Crippen molar-refractivity contribution in [2.45, 2.75) is 26.3 Å². The normalized spacial score (nSPS) is 11.2. The molecule has 0 fully saturated rings. The van der Waals surface area contributed by atoms with E-state index in [0.717, 1.165) is 6.20 Å². The molecule has 0 unspecified atom stereocenters. The minimum Gasteiger partial charge on any atom is -0.371 e. The molecule has 1 rings (SSSR count). The van der Waals surface area contributed by atoms with Crippen molar-refractivity contribution in [3.8, 4) is 0 Å². The van der Waals surface area contributed by atoms with Crippen LogP contribution >= 0.6 is 0 Å². The summed E-state index contributed by atoms with van der Waals surface area (Å²) in [6, 6.07) is 0. The quantitative estimate of drug-likeness (QED) is 0.761. The Morgan fingerprint density at radius 1 is 1.36 bits per heavy atom. The summed E-state index contributed by atoms with van der Waals surface area (Å²) in [4.78, 5) is 7.80. The molecule has 14 heavy (non-hydrogen) atoms. The van der Waals surface area contributed by atoms with Gasteiger partial charge in [0.25, 0.3) is 0 Å². The van der Waals surface area contributed by atoms with Crippen molar-refractivity contribution in [2.24, 2.45) is 0 Å². The van der Waals surface area contributed by atoms with E-state index < -0.39 is 5.82 Å². The third-order valence-electron chi connectivity index (χ3n) is 1.47. The van der Waals surface area contributed by atoms with Gasteiger partial charge in [0.05, 0.1) is 6.20 Å². The molecule has 0 aromatic carbocycles. The summed E-state index contributed by atoms with van der Waals surface area (Å²) in [5, 5.41) is 5.71. The zero-order chi connectivity index (χ0) is 10.8. The van der Waals surface area contributed by atoms with Gasteiger partial charge in [-0.25, -0.2) is 9.37 Å². The van der Waals surface area contributed by atoms with Crippen molar-refractivity contribution in [3.63, 3.8) is 0 Å². The minimum absolute atomic E-state index is 0.136. The first kappa shape index (κ1) is 10.7. The average molecular weight is 198 g/mol. The monoisotopic (exact) mass is 198 g/mol. The molecule has 0 aliphatic carbocycles. The summed E-state index contributed by atoms with van der Waals surface area (Å²) in [7, 11) is 1.62. The maximum Gasteiger partial charge on any atom is 0.225 e. The molecule has 1 heterocycles. The smallest absolute Gasteiger partial charge is 0.225 e. The van der Waals surface area contributed by atoms with Crippen LogP contribution in [0.25, 0.3) is 0 Å². The molecule has 78 valence electrons. The molecule has 0 radical (unpaired) electrons. The standard InChI is InChI=1S/C9H15FN4/c1-9(2,3)14-8-12-5-6(10)7(11-4)13-8/h5H,1-4H3,(H2,11,12,13,14). The Hall–Kier alpha value is -1.39. The van der Waals surface area contributed by atoms with Crippen LogP contribution in [0.4, 0.5) is 16.2 Å². The highest BCUT2D eigenvalue weighted by molar-refractivity contribution is 5.41. The third kappa shape index (κ3) is 2.83.